The molecule has 0 fully saturated rings. The Balaban J connectivity index is 1.41. The molecule has 1 N–H and O–H groups in total. The topological polar surface area (TPSA) is 30.5 Å². The number of thioether (sulfide) groups is 1. The third-order valence-electron chi connectivity index (χ3n) is 3.23. The average Bonchev–Trinajstić information content (AvgIpc) is 2.55. The highest BCUT2D eigenvalue weighted by Crippen LogP contribution is 2.30. The third kappa shape index (κ3) is 4.16. The maximum absolute atomic E-state index is 5.59. The molecule has 2 aromatic rings. The fraction of sp³-hybridized carbons (Fsp3) is 0.294. The molecule has 0 bridgehead atoms. The van der Waals surface area contributed by atoms with E-state index >= 15 is 0 Å². The number of ether oxygens (including phenoxy) is 2. The second-order valence-corrected chi connectivity index (χ2v) is 5.98. The molecule has 0 spiro atoms. The monoisotopic (exact) mass is 301 g/mol. The Kier molecular flexibility index (Phi) is 5.03. The summed E-state index contributed by atoms with van der Waals surface area (Å²) in [5.74, 6) is 2.78. The van der Waals surface area contributed by atoms with Crippen LogP contribution in [0.3, 0.4) is 0 Å². The molecule has 2 aromatic carbocycles. The van der Waals surface area contributed by atoms with Gasteiger partial charge in [0.05, 0.1) is 0 Å². The first-order valence-electron chi connectivity index (χ1n) is 7.19. The second kappa shape index (κ2) is 7.38. The van der Waals surface area contributed by atoms with Crippen molar-refractivity contribution in [1.29, 1.82) is 0 Å². The van der Waals surface area contributed by atoms with Gasteiger partial charge in [-0.2, -0.15) is 0 Å². The standard InChI is InChI=1S/C17H19NO2S/c1-2-4-15(5-3-1)21-11-8-18-13-14-6-7-16-17(12-14)20-10-9-19-16/h1-7,12,18H,8-11,13H2. The van der Waals surface area contributed by atoms with Gasteiger partial charge in [-0.05, 0) is 29.8 Å². The molecule has 0 unspecified atom stereocenters. The molecule has 0 atom stereocenters. The number of rotatable bonds is 6. The van der Waals surface area contributed by atoms with Gasteiger partial charge in [-0.1, -0.05) is 24.3 Å². The van der Waals surface area contributed by atoms with Crippen molar-refractivity contribution in [2.45, 2.75) is 11.4 Å². The summed E-state index contributed by atoms with van der Waals surface area (Å²) in [4.78, 5) is 1.32. The minimum atomic E-state index is 0.637. The molecule has 4 heteroatoms. The summed E-state index contributed by atoms with van der Waals surface area (Å²) in [7, 11) is 0. The summed E-state index contributed by atoms with van der Waals surface area (Å²) in [5.41, 5.74) is 1.23. The van der Waals surface area contributed by atoms with E-state index in [1.807, 2.05) is 23.9 Å². The highest BCUT2D eigenvalue weighted by atomic mass is 32.2. The highest BCUT2D eigenvalue weighted by Gasteiger charge is 2.11. The Hall–Kier alpha value is -1.65. The summed E-state index contributed by atoms with van der Waals surface area (Å²) in [6.07, 6.45) is 0. The van der Waals surface area contributed by atoms with Crippen LogP contribution in [0.25, 0.3) is 0 Å². The van der Waals surface area contributed by atoms with Gasteiger partial charge in [0.15, 0.2) is 11.5 Å². The second-order valence-electron chi connectivity index (χ2n) is 4.82. The quantitative estimate of drug-likeness (QED) is 0.655. The Morgan fingerprint density at radius 2 is 1.76 bits per heavy atom. The maximum Gasteiger partial charge on any atom is 0.161 e. The summed E-state index contributed by atoms with van der Waals surface area (Å²) in [6.45, 7) is 3.11. The van der Waals surface area contributed by atoms with Crippen LogP contribution in [0.4, 0.5) is 0 Å². The number of fused-ring (bicyclic) bond motifs is 1. The van der Waals surface area contributed by atoms with E-state index in [1.165, 1.54) is 10.5 Å². The van der Waals surface area contributed by atoms with E-state index in [1.54, 1.807) is 0 Å². The van der Waals surface area contributed by atoms with Crippen molar-refractivity contribution >= 4 is 11.8 Å². The van der Waals surface area contributed by atoms with Gasteiger partial charge in [0.25, 0.3) is 0 Å². The van der Waals surface area contributed by atoms with E-state index in [0.717, 1.165) is 30.3 Å². The van der Waals surface area contributed by atoms with Crippen molar-refractivity contribution in [3.05, 3.63) is 54.1 Å². The molecule has 110 valence electrons. The predicted octanol–water partition coefficient (Wildman–Crippen LogP) is 3.34. The van der Waals surface area contributed by atoms with Gasteiger partial charge in [-0.15, -0.1) is 11.8 Å². The van der Waals surface area contributed by atoms with Gasteiger partial charge >= 0.3 is 0 Å². The average molecular weight is 301 g/mol. The van der Waals surface area contributed by atoms with Crippen molar-refractivity contribution < 1.29 is 9.47 Å². The van der Waals surface area contributed by atoms with E-state index < -0.39 is 0 Å². The lowest BCUT2D eigenvalue weighted by Gasteiger charge is -2.19. The lowest BCUT2D eigenvalue weighted by Crippen LogP contribution is -2.18. The van der Waals surface area contributed by atoms with E-state index in [4.69, 9.17) is 9.47 Å². The van der Waals surface area contributed by atoms with Crippen LogP contribution in [0, 0.1) is 0 Å². The molecule has 0 amide bonds. The van der Waals surface area contributed by atoms with Gasteiger partial charge in [0.1, 0.15) is 13.2 Å². The van der Waals surface area contributed by atoms with E-state index in [9.17, 15) is 0 Å². The zero-order valence-corrected chi connectivity index (χ0v) is 12.7. The Morgan fingerprint density at radius 1 is 0.952 bits per heavy atom. The van der Waals surface area contributed by atoms with Crippen LogP contribution in [0.1, 0.15) is 5.56 Å². The fourth-order valence-corrected chi connectivity index (χ4v) is 3.02. The molecule has 3 nitrogen and oxygen atoms in total. The molecule has 0 radical (unpaired) electrons. The Morgan fingerprint density at radius 3 is 2.62 bits per heavy atom. The molecular weight excluding hydrogens is 282 g/mol. The number of benzene rings is 2. The van der Waals surface area contributed by atoms with Gasteiger partial charge in [0, 0.05) is 23.7 Å². The first-order chi connectivity index (χ1) is 10.4. The molecular formula is C17H19NO2S. The molecule has 1 heterocycles. The summed E-state index contributed by atoms with van der Waals surface area (Å²) in [5, 5.41) is 3.46. The van der Waals surface area contributed by atoms with Crippen LogP contribution in [0.5, 0.6) is 11.5 Å². The van der Waals surface area contributed by atoms with Crippen molar-refractivity contribution in [2.24, 2.45) is 0 Å². The predicted molar refractivity (Wildman–Crippen MR) is 86.3 cm³/mol. The lowest BCUT2D eigenvalue weighted by atomic mass is 10.2. The molecule has 3 rings (SSSR count). The third-order valence-corrected chi connectivity index (χ3v) is 4.24. The smallest absolute Gasteiger partial charge is 0.161 e. The van der Waals surface area contributed by atoms with Gasteiger partial charge in [-0.25, -0.2) is 0 Å². The molecule has 1 aliphatic heterocycles. The van der Waals surface area contributed by atoms with Gasteiger partial charge in [0.2, 0.25) is 0 Å². The number of hydrogen-bond acceptors (Lipinski definition) is 4. The molecule has 0 saturated carbocycles. The first kappa shape index (κ1) is 14.3. The van der Waals surface area contributed by atoms with E-state index in [-0.39, 0.29) is 0 Å². The number of hydrogen-bond donors (Lipinski definition) is 1. The minimum Gasteiger partial charge on any atom is -0.486 e. The van der Waals surface area contributed by atoms with Crippen LogP contribution >= 0.6 is 11.8 Å². The van der Waals surface area contributed by atoms with E-state index in [0.29, 0.717) is 13.2 Å². The highest BCUT2D eigenvalue weighted by molar-refractivity contribution is 7.99. The van der Waals surface area contributed by atoms with E-state index in [2.05, 4.69) is 41.7 Å². The Labute approximate surface area is 129 Å². The van der Waals surface area contributed by atoms with Crippen molar-refractivity contribution in [3.8, 4) is 11.5 Å². The summed E-state index contributed by atoms with van der Waals surface area (Å²) in [6, 6.07) is 16.6. The fourth-order valence-electron chi connectivity index (χ4n) is 2.19. The molecule has 0 saturated heterocycles. The van der Waals surface area contributed by atoms with Crippen molar-refractivity contribution in [3.63, 3.8) is 0 Å². The molecule has 0 aliphatic carbocycles. The minimum absolute atomic E-state index is 0.637. The van der Waals surface area contributed by atoms with Crippen LogP contribution in [0.15, 0.2) is 53.4 Å². The number of nitrogens with one attached hydrogen (secondary N) is 1. The largest absolute Gasteiger partial charge is 0.486 e. The van der Waals surface area contributed by atoms with Crippen molar-refractivity contribution in [1.82, 2.24) is 5.32 Å². The molecule has 0 aromatic heterocycles. The zero-order chi connectivity index (χ0) is 14.3. The lowest BCUT2D eigenvalue weighted by molar-refractivity contribution is 0.171. The van der Waals surface area contributed by atoms with Crippen LogP contribution in [0.2, 0.25) is 0 Å². The Bertz CT molecular complexity index is 574. The van der Waals surface area contributed by atoms with Gasteiger partial charge < -0.3 is 14.8 Å². The van der Waals surface area contributed by atoms with Gasteiger partial charge in [-0.3, -0.25) is 0 Å². The van der Waals surface area contributed by atoms with Crippen LogP contribution in [-0.2, 0) is 6.54 Å². The molecule has 1 aliphatic rings. The zero-order valence-electron chi connectivity index (χ0n) is 11.9. The normalized spacial score (nSPS) is 13.1. The SMILES string of the molecule is c1ccc(SCCNCc2ccc3c(c2)OCCO3)cc1. The van der Waals surface area contributed by atoms with Crippen molar-refractivity contribution in [2.75, 3.05) is 25.5 Å². The molecule has 21 heavy (non-hydrogen) atoms. The maximum atomic E-state index is 5.59. The van der Waals surface area contributed by atoms with Crippen LogP contribution < -0.4 is 14.8 Å². The summed E-state index contributed by atoms with van der Waals surface area (Å²) < 4.78 is 11.1. The summed E-state index contributed by atoms with van der Waals surface area (Å²) >= 11 is 1.87. The first-order valence-corrected chi connectivity index (χ1v) is 8.17. The van der Waals surface area contributed by atoms with Crippen LogP contribution in [-0.4, -0.2) is 25.5 Å².